The molecule has 1 aliphatic rings. The highest BCUT2D eigenvalue weighted by Gasteiger charge is 2.31. The number of hydrogen-bond acceptors (Lipinski definition) is 5. The minimum absolute atomic E-state index is 0. The fourth-order valence-electron chi connectivity index (χ4n) is 1.82. The van der Waals surface area contributed by atoms with Gasteiger partial charge >= 0.3 is 0 Å². The van der Waals surface area contributed by atoms with E-state index in [1.807, 2.05) is 0 Å². The van der Waals surface area contributed by atoms with Gasteiger partial charge in [-0.15, -0.1) is 12.4 Å². The molecule has 7 heteroatoms. The van der Waals surface area contributed by atoms with Crippen LogP contribution in [0.4, 0.5) is 0 Å². The van der Waals surface area contributed by atoms with Gasteiger partial charge in [-0.25, -0.2) is 18.4 Å². The van der Waals surface area contributed by atoms with E-state index in [4.69, 9.17) is 0 Å². The Morgan fingerprint density at radius 2 is 2.00 bits per heavy atom. The average molecular weight is 278 g/mol. The topological polar surface area (TPSA) is 72.0 Å². The van der Waals surface area contributed by atoms with Crippen molar-refractivity contribution in [2.75, 3.05) is 13.1 Å². The number of piperidine rings is 1. The number of sulfone groups is 1. The number of halogens is 1. The number of nitrogens with one attached hydrogen (secondary N) is 1. The summed E-state index contributed by atoms with van der Waals surface area (Å²) in [6.45, 7) is 3.26. The van der Waals surface area contributed by atoms with Crippen LogP contribution >= 0.6 is 12.4 Å². The van der Waals surface area contributed by atoms with Crippen molar-refractivity contribution >= 4 is 22.2 Å². The number of hydrogen-bond donors (Lipinski definition) is 1. The fraction of sp³-hybridized carbons (Fsp3) is 0.600. The maximum atomic E-state index is 12.2. The van der Waals surface area contributed by atoms with E-state index in [9.17, 15) is 8.42 Å². The Labute approximate surface area is 107 Å². The van der Waals surface area contributed by atoms with Crippen LogP contribution in [-0.4, -0.2) is 36.7 Å². The third kappa shape index (κ3) is 3.14. The molecule has 17 heavy (non-hydrogen) atoms. The number of aryl methyl sites for hydroxylation is 1. The van der Waals surface area contributed by atoms with Gasteiger partial charge in [0.2, 0.25) is 15.0 Å². The molecule has 0 radical (unpaired) electrons. The van der Waals surface area contributed by atoms with Crippen LogP contribution in [0.3, 0.4) is 0 Å². The standard InChI is InChI=1S/C10H15N3O2S.ClH/c1-8-2-7-12-10(13-8)16(14,15)9-3-5-11-6-4-9;/h2,7,9,11H,3-6H2,1H3;1H. The van der Waals surface area contributed by atoms with Crippen LogP contribution in [0.5, 0.6) is 0 Å². The van der Waals surface area contributed by atoms with Gasteiger partial charge in [-0.05, 0) is 38.9 Å². The zero-order chi connectivity index (χ0) is 11.6. The summed E-state index contributed by atoms with van der Waals surface area (Å²) in [5.41, 5.74) is 0.683. The quantitative estimate of drug-likeness (QED) is 0.807. The molecule has 1 saturated heterocycles. The van der Waals surface area contributed by atoms with E-state index >= 15 is 0 Å². The Bertz CT molecular complexity index is 472. The van der Waals surface area contributed by atoms with Crippen molar-refractivity contribution in [3.63, 3.8) is 0 Å². The molecule has 0 unspecified atom stereocenters. The lowest BCUT2D eigenvalue weighted by Crippen LogP contribution is -2.36. The summed E-state index contributed by atoms with van der Waals surface area (Å²) in [4.78, 5) is 7.87. The summed E-state index contributed by atoms with van der Waals surface area (Å²) in [6, 6.07) is 1.70. The van der Waals surface area contributed by atoms with Crippen LogP contribution < -0.4 is 5.32 Å². The van der Waals surface area contributed by atoms with Crippen LogP contribution in [0.1, 0.15) is 18.5 Å². The normalized spacial score (nSPS) is 17.5. The first-order valence-electron chi connectivity index (χ1n) is 5.35. The zero-order valence-electron chi connectivity index (χ0n) is 9.59. The van der Waals surface area contributed by atoms with Gasteiger partial charge in [-0.3, -0.25) is 0 Å². The van der Waals surface area contributed by atoms with Crippen LogP contribution in [0.2, 0.25) is 0 Å². The Kier molecular flexibility index (Phi) is 4.85. The second-order valence-corrected chi connectivity index (χ2v) is 6.10. The Morgan fingerprint density at radius 1 is 1.35 bits per heavy atom. The van der Waals surface area contributed by atoms with Gasteiger partial charge in [0.25, 0.3) is 0 Å². The highest BCUT2D eigenvalue weighted by Crippen LogP contribution is 2.19. The predicted molar refractivity (Wildman–Crippen MR) is 67.1 cm³/mol. The van der Waals surface area contributed by atoms with Crippen molar-refractivity contribution in [2.24, 2.45) is 0 Å². The van der Waals surface area contributed by atoms with Gasteiger partial charge in [-0.2, -0.15) is 0 Å². The Morgan fingerprint density at radius 3 is 2.59 bits per heavy atom. The van der Waals surface area contributed by atoms with Crippen molar-refractivity contribution in [1.82, 2.24) is 15.3 Å². The molecule has 5 nitrogen and oxygen atoms in total. The molecule has 0 saturated carbocycles. The molecule has 0 atom stereocenters. The summed E-state index contributed by atoms with van der Waals surface area (Å²) in [5.74, 6) is 0. The van der Waals surface area contributed by atoms with E-state index in [-0.39, 0.29) is 22.8 Å². The Balaban J connectivity index is 0.00000144. The summed E-state index contributed by atoms with van der Waals surface area (Å²) in [6.07, 6.45) is 2.77. The molecule has 2 rings (SSSR count). The summed E-state index contributed by atoms with van der Waals surface area (Å²) < 4.78 is 24.4. The molecule has 1 fully saturated rings. The van der Waals surface area contributed by atoms with Gasteiger partial charge in [-0.1, -0.05) is 0 Å². The maximum Gasteiger partial charge on any atom is 0.247 e. The summed E-state index contributed by atoms with van der Waals surface area (Å²) >= 11 is 0. The Hall–Kier alpha value is -0.720. The van der Waals surface area contributed by atoms with Crippen molar-refractivity contribution in [3.8, 4) is 0 Å². The monoisotopic (exact) mass is 277 g/mol. The van der Waals surface area contributed by atoms with Crippen LogP contribution in [0.15, 0.2) is 17.4 Å². The molecular weight excluding hydrogens is 262 g/mol. The van der Waals surface area contributed by atoms with Crippen molar-refractivity contribution < 1.29 is 8.42 Å². The molecule has 0 bridgehead atoms. The molecule has 1 aromatic rings. The predicted octanol–water partition coefficient (Wildman–Crippen LogP) is 0.733. The van der Waals surface area contributed by atoms with Gasteiger partial charge in [0.05, 0.1) is 5.25 Å². The van der Waals surface area contributed by atoms with E-state index < -0.39 is 9.84 Å². The van der Waals surface area contributed by atoms with E-state index in [2.05, 4.69) is 15.3 Å². The van der Waals surface area contributed by atoms with Crippen LogP contribution in [-0.2, 0) is 9.84 Å². The van der Waals surface area contributed by atoms with Crippen LogP contribution in [0, 0.1) is 6.92 Å². The fourth-order valence-corrected chi connectivity index (χ4v) is 3.45. The van der Waals surface area contributed by atoms with E-state index in [0.717, 1.165) is 13.1 Å². The molecule has 1 aromatic heterocycles. The zero-order valence-corrected chi connectivity index (χ0v) is 11.2. The first-order valence-corrected chi connectivity index (χ1v) is 6.89. The third-order valence-electron chi connectivity index (χ3n) is 2.75. The summed E-state index contributed by atoms with van der Waals surface area (Å²) in [5, 5.41) is 2.78. The van der Waals surface area contributed by atoms with Gasteiger partial charge in [0.1, 0.15) is 0 Å². The molecule has 0 spiro atoms. The SMILES string of the molecule is Cc1ccnc(S(=O)(=O)C2CCNCC2)n1.Cl. The second-order valence-electron chi connectivity index (χ2n) is 3.97. The lowest BCUT2D eigenvalue weighted by Gasteiger charge is -2.21. The molecule has 0 amide bonds. The minimum Gasteiger partial charge on any atom is -0.317 e. The van der Waals surface area contributed by atoms with E-state index in [1.165, 1.54) is 6.20 Å². The average Bonchev–Trinajstić information content (AvgIpc) is 2.30. The van der Waals surface area contributed by atoms with Crippen molar-refractivity contribution in [2.45, 2.75) is 30.2 Å². The molecule has 1 N–H and O–H groups in total. The molecule has 0 aliphatic carbocycles. The first-order chi connectivity index (χ1) is 7.60. The second kappa shape index (κ2) is 5.75. The lowest BCUT2D eigenvalue weighted by molar-refractivity contribution is 0.492. The van der Waals surface area contributed by atoms with Gasteiger partial charge in [0, 0.05) is 11.9 Å². The first kappa shape index (κ1) is 14.3. The molecule has 0 aromatic carbocycles. The molecule has 2 heterocycles. The maximum absolute atomic E-state index is 12.2. The van der Waals surface area contributed by atoms with E-state index in [0.29, 0.717) is 18.5 Å². The van der Waals surface area contributed by atoms with Crippen molar-refractivity contribution in [1.29, 1.82) is 0 Å². The lowest BCUT2D eigenvalue weighted by atomic mass is 10.2. The molecule has 1 aliphatic heterocycles. The number of nitrogens with zero attached hydrogens (tertiary/aromatic N) is 2. The largest absolute Gasteiger partial charge is 0.317 e. The number of rotatable bonds is 2. The van der Waals surface area contributed by atoms with Gasteiger partial charge in [0.15, 0.2) is 0 Å². The molecule has 96 valence electrons. The highest BCUT2D eigenvalue weighted by molar-refractivity contribution is 7.91. The van der Waals surface area contributed by atoms with Crippen molar-refractivity contribution in [3.05, 3.63) is 18.0 Å². The summed E-state index contributed by atoms with van der Waals surface area (Å²) in [7, 11) is -3.35. The number of aromatic nitrogens is 2. The van der Waals surface area contributed by atoms with Gasteiger partial charge < -0.3 is 5.32 Å². The van der Waals surface area contributed by atoms with E-state index in [1.54, 1.807) is 13.0 Å². The minimum atomic E-state index is -3.35. The van der Waals surface area contributed by atoms with Crippen LogP contribution in [0.25, 0.3) is 0 Å². The highest BCUT2D eigenvalue weighted by atomic mass is 35.5. The smallest absolute Gasteiger partial charge is 0.247 e. The third-order valence-corrected chi connectivity index (χ3v) is 4.81. The molecular formula is C10H16ClN3O2S.